The average Bonchev–Trinajstić information content (AvgIpc) is 2.58. The molecule has 122 valence electrons. The second kappa shape index (κ2) is 6.37. The summed E-state index contributed by atoms with van der Waals surface area (Å²) in [6, 6.07) is 4.24. The number of carbonyl (C=O) groups is 1. The van der Waals surface area contributed by atoms with Crippen molar-refractivity contribution in [1.82, 2.24) is 0 Å². The van der Waals surface area contributed by atoms with E-state index >= 15 is 0 Å². The van der Waals surface area contributed by atoms with E-state index < -0.39 is 5.82 Å². The van der Waals surface area contributed by atoms with Gasteiger partial charge >= 0.3 is 5.97 Å². The Balaban J connectivity index is 1.90. The molecule has 0 heterocycles. The highest BCUT2D eigenvalue weighted by molar-refractivity contribution is 6.32. The summed E-state index contributed by atoms with van der Waals surface area (Å²) in [5.41, 5.74) is 0.338. The van der Waals surface area contributed by atoms with Crippen LogP contribution >= 0.6 is 11.6 Å². The van der Waals surface area contributed by atoms with Gasteiger partial charge in [0.25, 0.3) is 0 Å². The molecule has 3 aliphatic rings. The molecular weight excluding hydrogens is 319 g/mol. The van der Waals surface area contributed by atoms with E-state index in [4.69, 9.17) is 21.6 Å². The molecule has 1 N–H and O–H groups in total. The van der Waals surface area contributed by atoms with Crippen molar-refractivity contribution in [3.05, 3.63) is 28.5 Å². The number of benzene rings is 1. The summed E-state index contributed by atoms with van der Waals surface area (Å²) < 4.78 is 19.2. The quantitative estimate of drug-likeness (QED) is 0.854. The Labute approximate surface area is 139 Å². The SMILES string of the molecule is COC(=O)[C@H]1C2CCC(CC2)C1Nc1cc(Cl)c(C#N)cc1F. The number of fused-ring (bicyclic) bond motifs is 3. The lowest BCUT2D eigenvalue weighted by molar-refractivity contribution is -0.152. The van der Waals surface area contributed by atoms with Crippen LogP contribution in [0.1, 0.15) is 31.2 Å². The lowest BCUT2D eigenvalue weighted by atomic mass is 9.61. The van der Waals surface area contributed by atoms with Crippen LogP contribution in [0, 0.1) is 34.9 Å². The number of nitrogens with zero attached hydrogens (tertiary/aromatic N) is 1. The van der Waals surface area contributed by atoms with Gasteiger partial charge in [0.1, 0.15) is 11.9 Å². The van der Waals surface area contributed by atoms with Crippen LogP contribution in [0.3, 0.4) is 0 Å². The summed E-state index contributed by atoms with van der Waals surface area (Å²) in [5.74, 6) is -0.436. The number of rotatable bonds is 3. The van der Waals surface area contributed by atoms with Crippen molar-refractivity contribution in [2.24, 2.45) is 17.8 Å². The number of methoxy groups -OCH3 is 1. The Kier molecular flexibility index (Phi) is 4.45. The van der Waals surface area contributed by atoms with E-state index in [-0.39, 0.29) is 40.1 Å². The zero-order valence-electron chi connectivity index (χ0n) is 12.8. The predicted octanol–water partition coefficient (Wildman–Crippen LogP) is 3.74. The molecule has 4 nitrogen and oxygen atoms in total. The third-order valence-electron chi connectivity index (χ3n) is 5.19. The zero-order valence-corrected chi connectivity index (χ0v) is 13.6. The highest BCUT2D eigenvalue weighted by atomic mass is 35.5. The fourth-order valence-electron chi connectivity index (χ4n) is 4.06. The van der Waals surface area contributed by atoms with Crippen molar-refractivity contribution in [1.29, 1.82) is 5.26 Å². The number of esters is 1. The Bertz CT molecular complexity index is 665. The molecule has 2 bridgehead atoms. The number of carbonyl (C=O) groups excluding carboxylic acids is 1. The molecule has 0 spiro atoms. The van der Waals surface area contributed by atoms with Crippen molar-refractivity contribution in [2.45, 2.75) is 31.7 Å². The molecule has 0 aromatic heterocycles. The summed E-state index contributed by atoms with van der Waals surface area (Å²) in [6.45, 7) is 0. The van der Waals surface area contributed by atoms with E-state index in [1.807, 2.05) is 6.07 Å². The third-order valence-corrected chi connectivity index (χ3v) is 5.50. The van der Waals surface area contributed by atoms with Gasteiger partial charge in [-0.15, -0.1) is 0 Å². The van der Waals surface area contributed by atoms with Gasteiger partial charge in [0.15, 0.2) is 0 Å². The fraction of sp³-hybridized carbons (Fsp3) is 0.529. The van der Waals surface area contributed by atoms with E-state index in [0.29, 0.717) is 5.92 Å². The summed E-state index contributed by atoms with van der Waals surface area (Å²) >= 11 is 6.00. The summed E-state index contributed by atoms with van der Waals surface area (Å²) in [6.07, 6.45) is 4.08. The van der Waals surface area contributed by atoms with E-state index in [0.717, 1.165) is 31.7 Å². The van der Waals surface area contributed by atoms with Crippen LogP contribution in [0.2, 0.25) is 5.02 Å². The van der Waals surface area contributed by atoms with Crippen LogP contribution in [0.25, 0.3) is 0 Å². The van der Waals surface area contributed by atoms with Crippen molar-refractivity contribution in [3.63, 3.8) is 0 Å². The van der Waals surface area contributed by atoms with Gasteiger partial charge in [-0.1, -0.05) is 11.6 Å². The van der Waals surface area contributed by atoms with Crippen molar-refractivity contribution < 1.29 is 13.9 Å². The number of anilines is 1. The standard InChI is InChI=1S/C17H18ClFN2O2/c1-23-17(22)15-9-2-4-10(5-3-9)16(15)21-14-7-12(18)11(8-20)6-13(14)19/h6-7,9-10,15-16,21H,2-5H2,1H3/t9?,10?,15-,16?/m0/s1. The topological polar surface area (TPSA) is 62.1 Å². The van der Waals surface area contributed by atoms with Gasteiger partial charge in [-0.2, -0.15) is 5.26 Å². The van der Waals surface area contributed by atoms with Gasteiger partial charge in [-0.3, -0.25) is 4.79 Å². The van der Waals surface area contributed by atoms with Gasteiger partial charge in [0, 0.05) is 6.04 Å². The van der Waals surface area contributed by atoms with Crippen molar-refractivity contribution in [2.75, 3.05) is 12.4 Å². The van der Waals surface area contributed by atoms with Crippen LogP contribution in [0.15, 0.2) is 12.1 Å². The maximum absolute atomic E-state index is 14.2. The largest absolute Gasteiger partial charge is 0.469 e. The van der Waals surface area contributed by atoms with Crippen LogP contribution in [-0.2, 0) is 9.53 Å². The molecule has 3 aliphatic carbocycles. The van der Waals surface area contributed by atoms with Gasteiger partial charge < -0.3 is 10.1 Å². The monoisotopic (exact) mass is 336 g/mol. The minimum absolute atomic E-state index is 0.101. The molecular formula is C17H18ClFN2O2. The molecule has 3 fully saturated rings. The number of halogens is 2. The van der Waals surface area contributed by atoms with Crippen LogP contribution in [0.4, 0.5) is 10.1 Å². The lowest BCUT2D eigenvalue weighted by Gasteiger charge is -2.47. The molecule has 3 saturated carbocycles. The maximum atomic E-state index is 14.2. The fourth-order valence-corrected chi connectivity index (χ4v) is 4.26. The summed E-state index contributed by atoms with van der Waals surface area (Å²) in [4.78, 5) is 12.2. The van der Waals surface area contributed by atoms with E-state index in [2.05, 4.69) is 5.32 Å². The molecule has 2 atom stereocenters. The second-order valence-corrected chi connectivity index (χ2v) is 6.72. The van der Waals surface area contributed by atoms with Crippen LogP contribution < -0.4 is 5.32 Å². The molecule has 1 unspecified atom stereocenters. The molecule has 6 heteroatoms. The van der Waals surface area contributed by atoms with E-state index in [9.17, 15) is 9.18 Å². The smallest absolute Gasteiger partial charge is 0.311 e. The Hall–Kier alpha value is -1.80. The zero-order chi connectivity index (χ0) is 16.6. The molecule has 1 aromatic carbocycles. The van der Waals surface area contributed by atoms with Gasteiger partial charge in [-0.25, -0.2) is 4.39 Å². The maximum Gasteiger partial charge on any atom is 0.311 e. The molecule has 4 rings (SSSR count). The molecule has 0 aliphatic heterocycles. The number of hydrogen-bond acceptors (Lipinski definition) is 4. The minimum atomic E-state index is -0.531. The van der Waals surface area contributed by atoms with Gasteiger partial charge in [-0.05, 0) is 49.7 Å². The lowest BCUT2D eigenvalue weighted by Crippen LogP contribution is -2.51. The second-order valence-electron chi connectivity index (χ2n) is 6.32. The molecule has 1 aromatic rings. The number of hydrogen-bond donors (Lipinski definition) is 1. The molecule has 0 saturated heterocycles. The summed E-state index contributed by atoms with van der Waals surface area (Å²) in [7, 11) is 1.39. The first-order chi connectivity index (χ1) is 11.0. The average molecular weight is 337 g/mol. The molecule has 0 amide bonds. The number of nitriles is 1. The van der Waals surface area contributed by atoms with Gasteiger partial charge in [0.2, 0.25) is 0 Å². The Morgan fingerprint density at radius 1 is 1.35 bits per heavy atom. The highest BCUT2D eigenvalue weighted by Crippen LogP contribution is 2.47. The molecule has 23 heavy (non-hydrogen) atoms. The van der Waals surface area contributed by atoms with Gasteiger partial charge in [0.05, 0.1) is 29.3 Å². The number of ether oxygens (including phenoxy) is 1. The van der Waals surface area contributed by atoms with Crippen LogP contribution in [0.5, 0.6) is 0 Å². The van der Waals surface area contributed by atoms with Crippen molar-refractivity contribution in [3.8, 4) is 6.07 Å². The summed E-state index contributed by atoms with van der Waals surface area (Å²) in [5, 5.41) is 12.3. The minimum Gasteiger partial charge on any atom is -0.469 e. The Morgan fingerprint density at radius 3 is 2.61 bits per heavy atom. The van der Waals surface area contributed by atoms with E-state index in [1.165, 1.54) is 13.2 Å². The normalized spacial score (nSPS) is 29.0. The van der Waals surface area contributed by atoms with E-state index in [1.54, 1.807) is 0 Å². The Morgan fingerprint density at radius 2 is 2.00 bits per heavy atom. The van der Waals surface area contributed by atoms with Crippen LogP contribution in [-0.4, -0.2) is 19.1 Å². The predicted molar refractivity (Wildman–Crippen MR) is 84.5 cm³/mol. The first-order valence-electron chi connectivity index (χ1n) is 7.78. The highest BCUT2D eigenvalue weighted by Gasteiger charge is 2.47. The molecule has 0 radical (unpaired) electrons. The number of nitrogens with one attached hydrogen (secondary N) is 1. The van der Waals surface area contributed by atoms with Crippen molar-refractivity contribution >= 4 is 23.3 Å². The first-order valence-corrected chi connectivity index (χ1v) is 8.16. The first kappa shape index (κ1) is 16.1. The third kappa shape index (κ3) is 2.88.